The molecule has 0 bridgehead atoms. The number of nitrogens with two attached hydrogens (primary N) is 1. The molecule has 0 saturated heterocycles. The van der Waals surface area contributed by atoms with Gasteiger partial charge in [0.2, 0.25) is 0 Å². The molecule has 0 aliphatic heterocycles. The van der Waals surface area contributed by atoms with Crippen molar-refractivity contribution in [3.05, 3.63) is 12.1 Å². The van der Waals surface area contributed by atoms with E-state index < -0.39 is 0 Å². The minimum absolute atomic E-state index is 0.454. The highest BCUT2D eigenvalue weighted by molar-refractivity contribution is 8.00. The number of thiocarbonyl (C=S) groups is 1. The number of imidazole rings is 1. The summed E-state index contributed by atoms with van der Waals surface area (Å²) in [6.45, 7) is 0. The van der Waals surface area contributed by atoms with E-state index in [1.165, 1.54) is 11.8 Å². The zero-order valence-electron chi connectivity index (χ0n) is 10.0. The summed E-state index contributed by atoms with van der Waals surface area (Å²) in [5.41, 5.74) is 7.16. The van der Waals surface area contributed by atoms with Crippen molar-refractivity contribution < 1.29 is 9.47 Å². The van der Waals surface area contributed by atoms with Crippen LogP contribution in [0.15, 0.2) is 17.3 Å². The van der Waals surface area contributed by atoms with Crippen molar-refractivity contribution in [3.63, 3.8) is 0 Å². The number of rotatable bonds is 5. The Kier molecular flexibility index (Phi) is 3.93. The van der Waals surface area contributed by atoms with Crippen LogP contribution in [0.4, 0.5) is 0 Å². The summed E-state index contributed by atoms with van der Waals surface area (Å²) < 4.78 is 10.5. The maximum atomic E-state index is 5.45. The molecule has 0 unspecified atom stereocenters. The standard InChI is InChI=1S/C11H13N3O2S2/c1-15-8-3-6-7(4-9(8)16-2)14-11(13-6)18-5-10(12)17/h3-4H,5H2,1-2H3,(H2,12,17)(H,13,14). The Hall–Kier alpha value is -1.47. The van der Waals surface area contributed by atoms with E-state index in [1.807, 2.05) is 12.1 Å². The van der Waals surface area contributed by atoms with Gasteiger partial charge in [0.05, 0.1) is 36.0 Å². The molecule has 0 saturated carbocycles. The molecule has 7 heteroatoms. The number of aromatic nitrogens is 2. The van der Waals surface area contributed by atoms with Crippen LogP contribution >= 0.6 is 24.0 Å². The molecule has 0 spiro atoms. The minimum Gasteiger partial charge on any atom is -0.493 e. The Balaban J connectivity index is 2.35. The lowest BCUT2D eigenvalue weighted by Crippen LogP contribution is -2.10. The van der Waals surface area contributed by atoms with Crippen molar-refractivity contribution >= 4 is 40.0 Å². The minimum atomic E-state index is 0.454. The first kappa shape index (κ1) is 13.0. The van der Waals surface area contributed by atoms with Crippen molar-refractivity contribution in [1.82, 2.24) is 9.97 Å². The molecule has 96 valence electrons. The van der Waals surface area contributed by atoms with Crippen LogP contribution in [0.25, 0.3) is 11.0 Å². The first-order chi connectivity index (χ1) is 8.63. The Morgan fingerprint density at radius 1 is 1.39 bits per heavy atom. The van der Waals surface area contributed by atoms with Gasteiger partial charge in [-0.2, -0.15) is 0 Å². The summed E-state index contributed by atoms with van der Waals surface area (Å²) in [4.78, 5) is 8.06. The number of fused-ring (bicyclic) bond motifs is 1. The van der Waals surface area contributed by atoms with Crippen molar-refractivity contribution in [2.24, 2.45) is 5.73 Å². The largest absolute Gasteiger partial charge is 0.493 e. The molecule has 1 heterocycles. The molecule has 0 atom stereocenters. The summed E-state index contributed by atoms with van der Waals surface area (Å²) in [6.07, 6.45) is 0. The number of ether oxygens (including phenoxy) is 2. The number of benzene rings is 1. The van der Waals surface area contributed by atoms with E-state index in [1.54, 1.807) is 14.2 Å². The van der Waals surface area contributed by atoms with E-state index in [0.29, 0.717) is 22.2 Å². The van der Waals surface area contributed by atoms with Crippen LogP contribution in [0.3, 0.4) is 0 Å². The molecular weight excluding hydrogens is 270 g/mol. The first-order valence-electron chi connectivity index (χ1n) is 5.17. The van der Waals surface area contributed by atoms with Gasteiger partial charge in [0.1, 0.15) is 0 Å². The fourth-order valence-corrected chi connectivity index (χ4v) is 2.32. The lowest BCUT2D eigenvalue weighted by atomic mass is 10.3. The highest BCUT2D eigenvalue weighted by Crippen LogP contribution is 2.32. The second kappa shape index (κ2) is 5.45. The number of H-pyrrole nitrogens is 1. The maximum absolute atomic E-state index is 5.45. The van der Waals surface area contributed by atoms with Gasteiger partial charge in [0.15, 0.2) is 16.7 Å². The normalized spacial score (nSPS) is 10.6. The predicted octanol–water partition coefficient (Wildman–Crippen LogP) is 1.96. The first-order valence-corrected chi connectivity index (χ1v) is 6.56. The summed E-state index contributed by atoms with van der Waals surface area (Å²) in [6, 6.07) is 3.68. The van der Waals surface area contributed by atoms with Crippen LogP contribution in [0.2, 0.25) is 0 Å². The van der Waals surface area contributed by atoms with Gasteiger partial charge in [0.25, 0.3) is 0 Å². The third-order valence-corrected chi connectivity index (χ3v) is 3.57. The average molecular weight is 283 g/mol. The molecule has 2 aromatic rings. The van der Waals surface area contributed by atoms with Crippen LogP contribution in [0.1, 0.15) is 0 Å². The van der Waals surface area contributed by atoms with Gasteiger partial charge in [0, 0.05) is 12.1 Å². The highest BCUT2D eigenvalue weighted by atomic mass is 32.2. The van der Waals surface area contributed by atoms with Gasteiger partial charge < -0.3 is 20.2 Å². The van der Waals surface area contributed by atoms with E-state index >= 15 is 0 Å². The van der Waals surface area contributed by atoms with Crippen LogP contribution in [-0.2, 0) is 0 Å². The number of methoxy groups -OCH3 is 2. The zero-order chi connectivity index (χ0) is 13.1. The molecule has 0 aliphatic rings. The van der Waals surface area contributed by atoms with Crippen LogP contribution in [-0.4, -0.2) is 34.9 Å². The lowest BCUT2D eigenvalue weighted by Gasteiger charge is -2.06. The van der Waals surface area contributed by atoms with Crippen molar-refractivity contribution in [3.8, 4) is 11.5 Å². The molecule has 0 radical (unpaired) electrons. The summed E-state index contributed by atoms with van der Waals surface area (Å²) in [7, 11) is 3.20. The molecular formula is C11H13N3O2S2. The van der Waals surface area contributed by atoms with Crippen molar-refractivity contribution in [2.75, 3.05) is 20.0 Å². The Morgan fingerprint density at radius 2 is 2.06 bits per heavy atom. The molecule has 5 nitrogen and oxygen atoms in total. The SMILES string of the molecule is COc1cc2nc(SCC(N)=S)[nH]c2cc1OC. The van der Waals surface area contributed by atoms with E-state index in [-0.39, 0.29) is 0 Å². The van der Waals surface area contributed by atoms with Crippen LogP contribution in [0.5, 0.6) is 11.5 Å². The molecule has 1 aromatic carbocycles. The highest BCUT2D eigenvalue weighted by Gasteiger charge is 2.10. The van der Waals surface area contributed by atoms with Crippen LogP contribution < -0.4 is 15.2 Å². The Bertz CT molecular complexity index is 542. The van der Waals surface area contributed by atoms with Gasteiger partial charge in [-0.25, -0.2) is 4.98 Å². The number of thioether (sulfide) groups is 1. The number of nitrogens with zero attached hydrogens (tertiary/aromatic N) is 1. The Morgan fingerprint density at radius 3 is 2.67 bits per heavy atom. The number of hydrogen-bond donors (Lipinski definition) is 2. The number of aromatic amines is 1. The fourth-order valence-electron chi connectivity index (χ4n) is 1.52. The van der Waals surface area contributed by atoms with E-state index in [9.17, 15) is 0 Å². The topological polar surface area (TPSA) is 73.2 Å². The monoisotopic (exact) mass is 283 g/mol. The summed E-state index contributed by atoms with van der Waals surface area (Å²) >= 11 is 6.30. The smallest absolute Gasteiger partial charge is 0.166 e. The quantitative estimate of drug-likeness (QED) is 0.645. The van der Waals surface area contributed by atoms with Crippen molar-refractivity contribution in [1.29, 1.82) is 0 Å². The van der Waals surface area contributed by atoms with Gasteiger partial charge in [-0.1, -0.05) is 24.0 Å². The predicted molar refractivity (Wildman–Crippen MR) is 76.7 cm³/mol. The Labute approximate surface area is 114 Å². The molecule has 18 heavy (non-hydrogen) atoms. The van der Waals surface area contributed by atoms with E-state index in [4.69, 9.17) is 27.4 Å². The number of hydrogen-bond acceptors (Lipinski definition) is 5. The van der Waals surface area contributed by atoms with E-state index in [0.717, 1.165) is 16.2 Å². The second-order valence-corrected chi connectivity index (χ2v) is 5.01. The molecule has 0 fully saturated rings. The van der Waals surface area contributed by atoms with Gasteiger partial charge in [-0.3, -0.25) is 0 Å². The zero-order valence-corrected chi connectivity index (χ0v) is 11.7. The molecule has 0 aliphatic carbocycles. The third-order valence-electron chi connectivity index (χ3n) is 2.32. The molecule has 1 aromatic heterocycles. The van der Waals surface area contributed by atoms with Crippen LogP contribution in [0, 0.1) is 0 Å². The maximum Gasteiger partial charge on any atom is 0.166 e. The lowest BCUT2D eigenvalue weighted by molar-refractivity contribution is 0.356. The second-order valence-electron chi connectivity index (χ2n) is 3.52. The van der Waals surface area contributed by atoms with E-state index in [2.05, 4.69) is 9.97 Å². The average Bonchev–Trinajstić information content (AvgIpc) is 2.76. The van der Waals surface area contributed by atoms with Crippen molar-refractivity contribution in [2.45, 2.75) is 5.16 Å². The summed E-state index contributed by atoms with van der Waals surface area (Å²) in [5.74, 6) is 1.88. The molecule has 2 rings (SSSR count). The fraction of sp³-hybridized carbons (Fsp3) is 0.273. The number of nitrogens with one attached hydrogen (secondary N) is 1. The van der Waals surface area contributed by atoms with Gasteiger partial charge in [-0.05, 0) is 0 Å². The van der Waals surface area contributed by atoms with Gasteiger partial charge >= 0.3 is 0 Å². The third kappa shape index (κ3) is 2.68. The summed E-state index contributed by atoms with van der Waals surface area (Å²) in [5, 5.41) is 0.771. The molecule has 0 amide bonds. The van der Waals surface area contributed by atoms with Gasteiger partial charge in [-0.15, -0.1) is 0 Å². The molecule has 3 N–H and O–H groups in total.